The van der Waals surface area contributed by atoms with Gasteiger partial charge < -0.3 is 9.64 Å². The zero-order valence-corrected chi connectivity index (χ0v) is 15.5. The van der Waals surface area contributed by atoms with E-state index in [9.17, 15) is 13.2 Å². The number of benzene rings is 1. The van der Waals surface area contributed by atoms with Crippen LogP contribution in [0.25, 0.3) is 6.08 Å². The number of hydrogen-bond acceptors (Lipinski definition) is 4. The number of nitrogens with zero attached hydrogens (tertiary/aromatic N) is 1. The van der Waals surface area contributed by atoms with Crippen LogP contribution >= 0.6 is 0 Å². The molecule has 7 heteroatoms. The number of nitrogens with one attached hydrogen (secondary N) is 1. The second-order valence-corrected chi connectivity index (χ2v) is 7.50. The first-order valence-electron chi connectivity index (χ1n) is 7.81. The molecule has 1 amide bonds. The van der Waals surface area contributed by atoms with Crippen LogP contribution in [0, 0.1) is 0 Å². The second-order valence-electron chi connectivity index (χ2n) is 5.78. The predicted molar refractivity (Wildman–Crippen MR) is 95.1 cm³/mol. The summed E-state index contributed by atoms with van der Waals surface area (Å²) in [6.07, 6.45) is 3.92. The van der Waals surface area contributed by atoms with Crippen molar-refractivity contribution in [1.82, 2.24) is 9.62 Å². The Labute approximate surface area is 144 Å². The summed E-state index contributed by atoms with van der Waals surface area (Å²) in [5.74, 6) is -0.107. The predicted octanol–water partition coefficient (Wildman–Crippen LogP) is 1.88. The van der Waals surface area contributed by atoms with Crippen molar-refractivity contribution in [2.24, 2.45) is 0 Å². The molecule has 134 valence electrons. The van der Waals surface area contributed by atoms with Gasteiger partial charge in [0.1, 0.15) is 0 Å². The smallest absolute Gasteiger partial charge is 0.246 e. The molecular weight excluding hydrogens is 328 g/mol. The van der Waals surface area contributed by atoms with Crippen molar-refractivity contribution in [3.63, 3.8) is 0 Å². The van der Waals surface area contributed by atoms with Crippen LogP contribution in [0.1, 0.15) is 25.8 Å². The van der Waals surface area contributed by atoms with E-state index < -0.39 is 10.0 Å². The molecule has 1 aromatic rings. The van der Waals surface area contributed by atoms with Crippen molar-refractivity contribution in [3.05, 3.63) is 35.9 Å². The van der Waals surface area contributed by atoms with Crippen LogP contribution in [0.2, 0.25) is 0 Å². The van der Waals surface area contributed by atoms with E-state index in [0.717, 1.165) is 12.0 Å². The summed E-state index contributed by atoms with van der Waals surface area (Å²) in [6.45, 7) is 4.77. The van der Waals surface area contributed by atoms with Gasteiger partial charge in [-0.05, 0) is 44.0 Å². The van der Waals surface area contributed by atoms with Gasteiger partial charge in [-0.1, -0.05) is 12.1 Å². The third kappa shape index (κ3) is 6.82. The molecular formula is C17H26N2O4S. The van der Waals surface area contributed by atoms with Crippen LogP contribution in [0.3, 0.4) is 0 Å². The molecule has 0 saturated carbocycles. The number of carbonyl (C=O) groups is 1. The number of rotatable bonds is 9. The summed E-state index contributed by atoms with van der Waals surface area (Å²) in [4.78, 5) is 13.8. The highest BCUT2D eigenvalue weighted by Gasteiger charge is 2.14. The highest BCUT2D eigenvalue weighted by atomic mass is 32.2. The average Bonchev–Trinajstić information content (AvgIpc) is 2.52. The fraction of sp³-hybridized carbons (Fsp3) is 0.471. The zero-order valence-electron chi connectivity index (χ0n) is 14.7. The van der Waals surface area contributed by atoms with Crippen LogP contribution in [0.5, 0.6) is 0 Å². The van der Waals surface area contributed by atoms with Gasteiger partial charge in [-0.2, -0.15) is 0 Å². The van der Waals surface area contributed by atoms with E-state index in [1.807, 2.05) is 0 Å². The van der Waals surface area contributed by atoms with E-state index >= 15 is 0 Å². The van der Waals surface area contributed by atoms with Gasteiger partial charge >= 0.3 is 0 Å². The maximum atomic E-state index is 12.0. The minimum absolute atomic E-state index is 0.107. The lowest BCUT2D eigenvalue weighted by molar-refractivity contribution is -0.124. The standard InChI is InChI=1S/C17H26N2O4S/c1-14(2)18-24(21,22)16-9-6-15(7-10-16)8-11-17(20)19(3)12-5-13-23-4/h6-11,14,18H,5,12-13H2,1-4H3/b11-8+. The normalized spacial score (nSPS) is 12.0. The van der Waals surface area contributed by atoms with Crippen molar-refractivity contribution in [2.45, 2.75) is 31.2 Å². The number of methoxy groups -OCH3 is 1. The fourth-order valence-corrected chi connectivity index (χ4v) is 3.24. The van der Waals surface area contributed by atoms with Crippen LogP contribution in [0.15, 0.2) is 35.2 Å². The quantitative estimate of drug-likeness (QED) is 0.543. The number of ether oxygens (including phenoxy) is 1. The lowest BCUT2D eigenvalue weighted by Gasteiger charge is -2.14. The first kappa shape index (κ1) is 20.3. The molecule has 1 aromatic carbocycles. The Hall–Kier alpha value is -1.70. The molecule has 0 spiro atoms. The molecule has 6 nitrogen and oxygen atoms in total. The first-order chi connectivity index (χ1) is 11.3. The third-order valence-corrected chi connectivity index (χ3v) is 4.89. The maximum absolute atomic E-state index is 12.0. The molecule has 0 aliphatic heterocycles. The van der Waals surface area contributed by atoms with E-state index in [4.69, 9.17) is 4.74 Å². The van der Waals surface area contributed by atoms with Crippen LogP contribution in [-0.2, 0) is 19.6 Å². The minimum Gasteiger partial charge on any atom is -0.385 e. The zero-order chi connectivity index (χ0) is 18.2. The molecule has 0 radical (unpaired) electrons. The Morgan fingerprint density at radius 1 is 1.29 bits per heavy atom. The number of amides is 1. The lowest BCUT2D eigenvalue weighted by Crippen LogP contribution is -2.30. The van der Waals surface area contributed by atoms with Crippen LogP contribution in [0.4, 0.5) is 0 Å². The van der Waals surface area contributed by atoms with Crippen LogP contribution < -0.4 is 4.72 Å². The van der Waals surface area contributed by atoms with Crippen molar-refractivity contribution >= 4 is 22.0 Å². The Balaban J connectivity index is 2.68. The first-order valence-corrected chi connectivity index (χ1v) is 9.29. The highest BCUT2D eigenvalue weighted by molar-refractivity contribution is 7.89. The molecule has 0 heterocycles. The third-order valence-electron chi connectivity index (χ3n) is 3.22. The second kappa shape index (κ2) is 9.56. The van der Waals surface area contributed by atoms with Crippen LogP contribution in [-0.4, -0.2) is 52.6 Å². The largest absolute Gasteiger partial charge is 0.385 e. The Morgan fingerprint density at radius 3 is 2.46 bits per heavy atom. The van der Waals surface area contributed by atoms with E-state index in [-0.39, 0.29) is 16.8 Å². The monoisotopic (exact) mass is 354 g/mol. The number of hydrogen-bond donors (Lipinski definition) is 1. The van der Waals surface area contributed by atoms with E-state index in [0.29, 0.717) is 13.2 Å². The van der Waals surface area contributed by atoms with Crippen molar-refractivity contribution in [2.75, 3.05) is 27.3 Å². The molecule has 1 rings (SSSR count). The maximum Gasteiger partial charge on any atom is 0.246 e. The topological polar surface area (TPSA) is 75.7 Å². The molecule has 0 saturated heterocycles. The summed E-state index contributed by atoms with van der Waals surface area (Å²) in [5.41, 5.74) is 0.761. The Bertz CT molecular complexity index is 652. The Morgan fingerprint density at radius 2 is 1.92 bits per heavy atom. The van der Waals surface area contributed by atoms with Gasteiger partial charge in [-0.15, -0.1) is 0 Å². The van der Waals surface area contributed by atoms with Gasteiger partial charge in [0.15, 0.2) is 0 Å². The Kier molecular flexibility index (Phi) is 8.10. The molecule has 0 aliphatic carbocycles. The summed E-state index contributed by atoms with van der Waals surface area (Å²) in [6, 6.07) is 6.22. The minimum atomic E-state index is -3.49. The molecule has 1 N–H and O–H groups in total. The van der Waals surface area contributed by atoms with E-state index in [2.05, 4.69) is 4.72 Å². The molecule has 24 heavy (non-hydrogen) atoms. The number of carbonyl (C=O) groups excluding carboxylic acids is 1. The molecule has 0 unspecified atom stereocenters. The van der Waals surface area contributed by atoms with Crippen molar-refractivity contribution < 1.29 is 17.9 Å². The SMILES string of the molecule is COCCCN(C)C(=O)/C=C/c1ccc(S(=O)(=O)NC(C)C)cc1. The van der Waals surface area contributed by atoms with E-state index in [1.165, 1.54) is 18.2 Å². The van der Waals surface area contributed by atoms with Crippen molar-refractivity contribution in [1.29, 1.82) is 0 Å². The van der Waals surface area contributed by atoms with Crippen molar-refractivity contribution in [3.8, 4) is 0 Å². The highest BCUT2D eigenvalue weighted by Crippen LogP contribution is 2.12. The molecule has 0 atom stereocenters. The van der Waals surface area contributed by atoms with Gasteiger partial charge in [-0.25, -0.2) is 13.1 Å². The molecule has 0 aliphatic rings. The van der Waals surface area contributed by atoms with Gasteiger partial charge in [-0.3, -0.25) is 4.79 Å². The average molecular weight is 354 g/mol. The molecule has 0 fully saturated rings. The van der Waals surface area contributed by atoms with Gasteiger partial charge in [0.05, 0.1) is 4.90 Å². The van der Waals surface area contributed by atoms with Gasteiger partial charge in [0, 0.05) is 39.4 Å². The number of sulfonamides is 1. The fourth-order valence-electron chi connectivity index (χ4n) is 1.99. The van der Waals surface area contributed by atoms with E-state index in [1.54, 1.807) is 51.1 Å². The lowest BCUT2D eigenvalue weighted by atomic mass is 10.2. The van der Waals surface area contributed by atoms with Gasteiger partial charge in [0.25, 0.3) is 0 Å². The molecule has 0 aromatic heterocycles. The summed E-state index contributed by atoms with van der Waals surface area (Å²) >= 11 is 0. The molecule has 0 bridgehead atoms. The summed E-state index contributed by atoms with van der Waals surface area (Å²) in [7, 11) is -0.136. The number of likely N-dealkylation sites (N-methyl/N-ethyl adjacent to an activating group) is 1. The van der Waals surface area contributed by atoms with Gasteiger partial charge in [0.2, 0.25) is 15.9 Å². The summed E-state index contributed by atoms with van der Waals surface area (Å²) < 4.78 is 31.5. The summed E-state index contributed by atoms with van der Waals surface area (Å²) in [5, 5.41) is 0.